The summed E-state index contributed by atoms with van der Waals surface area (Å²) < 4.78 is 6.80. The van der Waals surface area contributed by atoms with Crippen molar-refractivity contribution in [3.8, 4) is 0 Å². The molecule has 0 bridgehead atoms. The van der Waals surface area contributed by atoms with Crippen molar-refractivity contribution in [3.63, 3.8) is 0 Å². The fourth-order valence-electron chi connectivity index (χ4n) is 2.12. The highest BCUT2D eigenvalue weighted by atomic mass is 16.6. The molecule has 0 spiro atoms. The van der Waals surface area contributed by atoms with E-state index in [0.717, 1.165) is 38.1 Å². The maximum absolute atomic E-state index is 10.6. The number of aromatic nitrogens is 2. The van der Waals surface area contributed by atoms with Gasteiger partial charge in [-0.25, -0.2) is 0 Å². The molecule has 0 saturated carbocycles. The predicted octanol–water partition coefficient (Wildman–Crippen LogP) is 1.39. The van der Waals surface area contributed by atoms with Gasteiger partial charge in [-0.05, 0) is 30.1 Å². The molecule has 1 aliphatic rings. The number of methoxy groups -OCH3 is 1. The van der Waals surface area contributed by atoms with E-state index in [4.69, 9.17) is 4.74 Å². The Labute approximate surface area is 93.4 Å². The van der Waals surface area contributed by atoms with Crippen LogP contribution < -0.4 is 0 Å². The van der Waals surface area contributed by atoms with Gasteiger partial charge in [-0.2, -0.15) is 4.68 Å². The van der Waals surface area contributed by atoms with Gasteiger partial charge in [0.1, 0.15) is 0 Å². The first kappa shape index (κ1) is 11.1. The lowest BCUT2D eigenvalue weighted by molar-refractivity contribution is -0.389. The smallest absolute Gasteiger partial charge is 0.385 e. The van der Waals surface area contributed by atoms with Crippen LogP contribution in [0.25, 0.3) is 0 Å². The monoisotopic (exact) mass is 225 g/mol. The lowest BCUT2D eigenvalue weighted by atomic mass is 9.93. The Morgan fingerprint density at radius 2 is 2.56 bits per heavy atom. The van der Waals surface area contributed by atoms with E-state index in [1.54, 1.807) is 17.9 Å². The minimum Gasteiger partial charge on any atom is -0.385 e. The molecule has 6 nitrogen and oxygen atoms in total. The average Bonchev–Trinajstić information content (AvgIpc) is 2.69. The third kappa shape index (κ3) is 2.21. The molecule has 6 heteroatoms. The van der Waals surface area contributed by atoms with Crippen LogP contribution >= 0.6 is 0 Å². The van der Waals surface area contributed by atoms with E-state index >= 15 is 0 Å². The first-order valence-electron chi connectivity index (χ1n) is 5.40. The Hall–Kier alpha value is -1.43. The lowest BCUT2D eigenvalue weighted by Gasteiger charge is -2.20. The van der Waals surface area contributed by atoms with Crippen LogP contribution in [0.15, 0.2) is 6.07 Å². The Bertz CT molecular complexity index is 389. The molecular weight excluding hydrogens is 210 g/mol. The second-order valence-electron chi connectivity index (χ2n) is 4.11. The van der Waals surface area contributed by atoms with Gasteiger partial charge in [-0.3, -0.25) is 0 Å². The van der Waals surface area contributed by atoms with Crippen molar-refractivity contribution >= 4 is 5.82 Å². The standard InChI is InChI=1S/C10H15N3O3/c1-16-5-3-8-2-4-12-9(6-8)7-10(11-12)13(14)15/h7-8H,2-6H2,1H3. The summed E-state index contributed by atoms with van der Waals surface area (Å²) in [7, 11) is 1.69. The second kappa shape index (κ2) is 4.61. The molecule has 0 N–H and O–H groups in total. The molecule has 0 aliphatic carbocycles. The van der Waals surface area contributed by atoms with Crippen LogP contribution in [-0.2, 0) is 17.7 Å². The van der Waals surface area contributed by atoms with Gasteiger partial charge in [0.25, 0.3) is 0 Å². The van der Waals surface area contributed by atoms with Crippen LogP contribution in [0.5, 0.6) is 0 Å². The highest BCUT2D eigenvalue weighted by molar-refractivity contribution is 5.23. The molecule has 0 radical (unpaired) electrons. The molecule has 0 amide bonds. The van der Waals surface area contributed by atoms with Gasteiger partial charge < -0.3 is 14.9 Å². The van der Waals surface area contributed by atoms with E-state index in [9.17, 15) is 10.1 Å². The molecule has 0 fully saturated rings. The summed E-state index contributed by atoms with van der Waals surface area (Å²) in [4.78, 5) is 10.1. The van der Waals surface area contributed by atoms with Crippen molar-refractivity contribution in [2.24, 2.45) is 5.92 Å². The molecule has 2 rings (SSSR count). The van der Waals surface area contributed by atoms with Crippen molar-refractivity contribution in [2.45, 2.75) is 25.8 Å². The predicted molar refractivity (Wildman–Crippen MR) is 57.2 cm³/mol. The van der Waals surface area contributed by atoms with Gasteiger partial charge in [0.2, 0.25) is 0 Å². The van der Waals surface area contributed by atoms with Gasteiger partial charge in [-0.15, -0.1) is 0 Å². The Morgan fingerprint density at radius 3 is 3.25 bits per heavy atom. The number of nitro groups is 1. The third-order valence-corrected chi connectivity index (χ3v) is 3.01. The highest BCUT2D eigenvalue weighted by Crippen LogP contribution is 2.25. The first-order chi connectivity index (χ1) is 7.70. The van der Waals surface area contributed by atoms with E-state index in [2.05, 4.69) is 5.10 Å². The quantitative estimate of drug-likeness (QED) is 0.573. The van der Waals surface area contributed by atoms with E-state index in [0.29, 0.717) is 5.92 Å². The summed E-state index contributed by atoms with van der Waals surface area (Å²) in [6.07, 6.45) is 2.90. The van der Waals surface area contributed by atoms with Gasteiger partial charge in [0, 0.05) is 13.7 Å². The normalized spacial score (nSPS) is 19.4. The topological polar surface area (TPSA) is 70.2 Å². The van der Waals surface area contributed by atoms with Crippen molar-refractivity contribution in [1.82, 2.24) is 9.78 Å². The number of hydrogen-bond acceptors (Lipinski definition) is 4. The van der Waals surface area contributed by atoms with E-state index in [1.807, 2.05) is 0 Å². The number of rotatable bonds is 4. The fraction of sp³-hybridized carbons (Fsp3) is 0.700. The fourth-order valence-corrected chi connectivity index (χ4v) is 2.12. The van der Waals surface area contributed by atoms with Crippen LogP contribution in [0.2, 0.25) is 0 Å². The zero-order valence-electron chi connectivity index (χ0n) is 9.26. The van der Waals surface area contributed by atoms with Crippen LogP contribution in [0.3, 0.4) is 0 Å². The average molecular weight is 225 g/mol. The number of aryl methyl sites for hydroxylation is 1. The van der Waals surface area contributed by atoms with E-state index in [-0.39, 0.29) is 5.82 Å². The number of ether oxygens (including phenoxy) is 1. The molecule has 1 atom stereocenters. The molecule has 1 aliphatic heterocycles. The van der Waals surface area contributed by atoms with Crippen LogP contribution in [0.4, 0.5) is 5.82 Å². The van der Waals surface area contributed by atoms with Crippen molar-refractivity contribution in [3.05, 3.63) is 21.9 Å². The maximum atomic E-state index is 10.6. The molecule has 16 heavy (non-hydrogen) atoms. The summed E-state index contributed by atoms with van der Waals surface area (Å²) in [6, 6.07) is 1.58. The molecule has 1 aromatic rings. The Balaban J connectivity index is 2.05. The van der Waals surface area contributed by atoms with E-state index in [1.165, 1.54) is 0 Å². The molecule has 1 unspecified atom stereocenters. The summed E-state index contributed by atoms with van der Waals surface area (Å²) in [6.45, 7) is 1.53. The van der Waals surface area contributed by atoms with Gasteiger partial charge >= 0.3 is 5.82 Å². The number of nitrogens with zero attached hydrogens (tertiary/aromatic N) is 3. The Morgan fingerprint density at radius 1 is 1.75 bits per heavy atom. The molecule has 1 aromatic heterocycles. The minimum atomic E-state index is -0.435. The van der Waals surface area contributed by atoms with Gasteiger partial charge in [0.05, 0.1) is 23.4 Å². The summed E-state index contributed by atoms with van der Waals surface area (Å²) in [5, 5.41) is 14.5. The molecular formula is C10H15N3O3. The summed E-state index contributed by atoms with van der Waals surface area (Å²) in [5.74, 6) is 0.520. The largest absolute Gasteiger partial charge is 0.390 e. The molecule has 2 heterocycles. The zero-order valence-corrected chi connectivity index (χ0v) is 9.26. The van der Waals surface area contributed by atoms with Gasteiger partial charge in [-0.1, -0.05) is 0 Å². The lowest BCUT2D eigenvalue weighted by Crippen LogP contribution is -2.20. The number of hydrogen-bond donors (Lipinski definition) is 0. The third-order valence-electron chi connectivity index (χ3n) is 3.01. The van der Waals surface area contributed by atoms with E-state index < -0.39 is 4.92 Å². The maximum Gasteiger partial charge on any atom is 0.390 e. The zero-order chi connectivity index (χ0) is 11.5. The summed E-state index contributed by atoms with van der Waals surface area (Å²) in [5.41, 5.74) is 0.971. The first-order valence-corrected chi connectivity index (χ1v) is 5.40. The molecule has 0 aromatic carbocycles. The van der Waals surface area contributed by atoms with Crippen LogP contribution in [0.1, 0.15) is 18.5 Å². The van der Waals surface area contributed by atoms with Gasteiger partial charge in [0.15, 0.2) is 0 Å². The number of fused-ring (bicyclic) bond motifs is 1. The Kier molecular flexibility index (Phi) is 3.19. The van der Waals surface area contributed by atoms with Crippen molar-refractivity contribution in [1.29, 1.82) is 0 Å². The molecule has 88 valence electrons. The van der Waals surface area contributed by atoms with Crippen LogP contribution in [-0.4, -0.2) is 28.4 Å². The molecule has 0 saturated heterocycles. The minimum absolute atomic E-state index is 0.0395. The van der Waals surface area contributed by atoms with Crippen LogP contribution in [0, 0.1) is 16.0 Å². The highest BCUT2D eigenvalue weighted by Gasteiger charge is 2.25. The second-order valence-corrected chi connectivity index (χ2v) is 4.11. The summed E-state index contributed by atoms with van der Waals surface area (Å²) >= 11 is 0. The SMILES string of the molecule is COCCC1CCn2nc([N+](=O)[O-])cc2C1. The van der Waals surface area contributed by atoms with Crippen molar-refractivity contribution in [2.75, 3.05) is 13.7 Å². The van der Waals surface area contributed by atoms with Crippen molar-refractivity contribution < 1.29 is 9.66 Å².